The maximum Gasteiger partial charge on any atom is 0.292 e. The summed E-state index contributed by atoms with van der Waals surface area (Å²) in [6.45, 7) is 7.96. The number of hydrogen-bond acceptors (Lipinski definition) is 20. The van der Waals surface area contributed by atoms with Crippen molar-refractivity contribution >= 4 is 116 Å². The van der Waals surface area contributed by atoms with Crippen LogP contribution in [0.25, 0.3) is 0 Å². The number of carbonyl (C=O) groups excluding carboxylic acids is 15. The van der Waals surface area contributed by atoms with E-state index in [1.54, 1.807) is 88.4 Å². The topological polar surface area (TPSA) is 514 Å². The number of rotatable bonds is 20. The van der Waals surface area contributed by atoms with Gasteiger partial charge in [-0.1, -0.05) is 108 Å². The molecule has 0 aliphatic carbocycles. The molecule has 17 N–H and O–H groups in total. The van der Waals surface area contributed by atoms with Crippen LogP contribution in [-0.2, 0) is 97.6 Å². The van der Waals surface area contributed by atoms with Crippen LogP contribution in [0.4, 0.5) is 0 Å². The van der Waals surface area contributed by atoms with Crippen molar-refractivity contribution in [3.8, 4) is 5.75 Å². The summed E-state index contributed by atoms with van der Waals surface area (Å²) in [5.74, 6) is -14.2. The molecule has 11 atom stereocenters. The van der Waals surface area contributed by atoms with Gasteiger partial charge in [-0.25, -0.2) is 4.98 Å². The van der Waals surface area contributed by atoms with Crippen LogP contribution in [0, 0.1) is 11.3 Å². The summed E-state index contributed by atoms with van der Waals surface area (Å²) in [6, 6.07) is 7.03. The van der Waals surface area contributed by atoms with Crippen LogP contribution >= 0.6 is 21.6 Å². The number of phenolic OH excluding ortho intramolecular Hbond substituents is 1. The van der Waals surface area contributed by atoms with Gasteiger partial charge in [-0.2, -0.15) is 0 Å². The minimum absolute atomic E-state index is 0.00910. The molecule has 606 valence electrons. The normalized spacial score (nSPS) is 23.4. The number of likely N-dealkylation sites (N-methyl/N-ethyl adjacent to an activating group) is 2. The number of phenols is 1. The number of benzene rings is 3. The van der Waals surface area contributed by atoms with Crippen LogP contribution < -0.4 is 64.6 Å². The summed E-state index contributed by atoms with van der Waals surface area (Å²) < 4.78 is -1.51. The Morgan fingerprint density at radius 2 is 1.33 bits per heavy atom. The Balaban J connectivity index is 1.25. The van der Waals surface area contributed by atoms with Crippen LogP contribution in [-0.4, -0.2) is 253 Å². The summed E-state index contributed by atoms with van der Waals surface area (Å²) in [4.78, 5) is 228. The first kappa shape index (κ1) is 88.1. The van der Waals surface area contributed by atoms with Gasteiger partial charge in [0.1, 0.15) is 72.2 Å². The third kappa shape index (κ3) is 26.0. The number of nitrogens with two attached hydrogens (primary N) is 2. The molecule has 14 amide bonds. The molecule has 0 unspecified atom stereocenters. The molecule has 0 radical (unpaired) electrons. The first-order valence-corrected chi connectivity index (χ1v) is 39.3. The zero-order valence-corrected chi connectivity index (χ0v) is 65.6. The smallest absolute Gasteiger partial charge is 0.292 e. The van der Waals surface area contributed by atoms with Crippen LogP contribution in [0.15, 0.2) is 97.5 Å². The largest absolute Gasteiger partial charge is 0.508 e. The van der Waals surface area contributed by atoms with Crippen LogP contribution in [0.1, 0.15) is 109 Å². The van der Waals surface area contributed by atoms with Gasteiger partial charge in [0.2, 0.25) is 82.6 Å². The first-order valence-electron chi connectivity index (χ1n) is 36.9. The van der Waals surface area contributed by atoms with E-state index in [9.17, 15) is 67.4 Å². The number of carbonyl (C=O) groups is 15. The number of Topliss-reactive ketones (excluding diaryl/α,β-unsaturated/α-hetero) is 1. The van der Waals surface area contributed by atoms with Crippen molar-refractivity contribution < 1.29 is 77.0 Å². The number of nitrogens with zero attached hydrogens (tertiary/aromatic N) is 5. The lowest BCUT2D eigenvalue weighted by Crippen LogP contribution is -2.63. The fourth-order valence-electron chi connectivity index (χ4n) is 13.0. The monoisotopic (exact) mass is 1590 g/mol. The van der Waals surface area contributed by atoms with E-state index in [-0.39, 0.29) is 107 Å². The van der Waals surface area contributed by atoms with Gasteiger partial charge >= 0.3 is 0 Å². The van der Waals surface area contributed by atoms with E-state index in [1.807, 2.05) is 0 Å². The van der Waals surface area contributed by atoms with Crippen molar-refractivity contribution in [2.24, 2.45) is 17.4 Å². The molecule has 2 bridgehead atoms. The number of piperidine rings is 1. The summed E-state index contributed by atoms with van der Waals surface area (Å²) >= 11 is 0. The highest BCUT2D eigenvalue weighted by atomic mass is 33.1. The van der Waals surface area contributed by atoms with Gasteiger partial charge in [-0.3, -0.25) is 77.3 Å². The number of nitrogens with one attached hydrogen (secondary N) is 12. The van der Waals surface area contributed by atoms with Gasteiger partial charge in [0, 0.05) is 83.0 Å². The van der Waals surface area contributed by atoms with Gasteiger partial charge in [0.15, 0.2) is 5.96 Å². The number of imidazole rings is 1. The molecule has 3 aliphatic rings. The average molecular weight is 1590 g/mol. The number of aromatic nitrogens is 2. The second kappa shape index (κ2) is 41.8. The molecule has 7 rings (SSSR count). The van der Waals surface area contributed by atoms with Crippen LogP contribution in [0.3, 0.4) is 0 Å². The zero-order valence-electron chi connectivity index (χ0n) is 64.0. The molecule has 3 aliphatic heterocycles. The maximum absolute atomic E-state index is 15.4. The number of hydrogen-bond donors (Lipinski definition) is 15. The van der Waals surface area contributed by atoms with Crippen molar-refractivity contribution in [3.05, 3.63) is 120 Å². The van der Waals surface area contributed by atoms with Crippen molar-refractivity contribution in [1.82, 2.24) is 82.7 Å². The van der Waals surface area contributed by atoms with E-state index in [2.05, 4.69) is 63.1 Å². The third-order valence-corrected chi connectivity index (χ3v) is 22.6. The molecule has 3 aromatic carbocycles. The number of ketones is 1. The Bertz CT molecular complexity index is 4030. The number of aromatic amines is 1. The molecule has 3 fully saturated rings. The van der Waals surface area contributed by atoms with Crippen molar-refractivity contribution in [1.29, 1.82) is 5.41 Å². The highest BCUT2D eigenvalue weighted by molar-refractivity contribution is 8.77. The third-order valence-electron chi connectivity index (χ3n) is 19.3. The number of primary amides is 1. The second-order valence-corrected chi connectivity index (χ2v) is 31.9. The van der Waals surface area contributed by atoms with Crippen LogP contribution in [0.2, 0.25) is 0 Å². The van der Waals surface area contributed by atoms with Gasteiger partial charge in [0.25, 0.3) is 5.91 Å². The van der Waals surface area contributed by atoms with E-state index in [0.29, 0.717) is 28.8 Å². The Morgan fingerprint density at radius 3 is 1.96 bits per heavy atom. The maximum atomic E-state index is 15.4. The summed E-state index contributed by atoms with van der Waals surface area (Å²) in [6.07, 6.45) is 2.87. The van der Waals surface area contributed by atoms with E-state index < -0.39 is 173 Å². The summed E-state index contributed by atoms with van der Waals surface area (Å²) in [5, 5.41) is 44.4. The van der Waals surface area contributed by atoms with E-state index in [1.165, 1.54) is 69.6 Å². The molecule has 112 heavy (non-hydrogen) atoms. The molecule has 0 saturated carbocycles. The number of H-pyrrole nitrogens is 1. The number of amides is 14. The standard InChI is InChI=1S/C75H103N19O16S2/c1-42(2)32-58-70(107)86-52(33-47-25-27-49(96)28-26-47)61(99)72(109)94-31-17-24-57(94)69(106)89-56(63(76)100)40-111-112-75(5,6)62(90-68(105)54(35-46-20-13-10-14-21-46)87-65(102)50(83-44(4)95)22-15-29-80-74(77)78)73(110)91(7)43(3)64(101)81-38-59(97)84-55(36-48-37-79-41-82-48)67(104)88-53(34-45-18-11-9-12-19-45)66(103)85-51-23-16-30-93(71(51)108)39-60(98)92(58)8/h9-14,18-21,25-28,37,41-43,50-58,62,96H,15-17,22-24,29-36,38-40H2,1-8H3,(H2,76,100)(H,79,82)(H,81,101)(H,83,95)(H,84,97)(H,85,103)(H,86,107)(H,87,102)(H,88,104)(H,89,106)(H,90,105)(H4,77,78,80)/t43-,50-,51-,52-,53-,54-,55-,56-,57-,58-,62+/m0/s1. The van der Waals surface area contributed by atoms with Gasteiger partial charge in [0.05, 0.1) is 25.1 Å². The molecule has 0 spiro atoms. The fourth-order valence-corrected chi connectivity index (χ4v) is 15.8. The minimum atomic E-state index is -1.66. The molecule has 4 heterocycles. The van der Waals surface area contributed by atoms with E-state index >= 15 is 9.59 Å². The molecule has 1 aromatic heterocycles. The first-order chi connectivity index (χ1) is 53.1. The molecular weight excluding hydrogens is 1490 g/mol. The van der Waals surface area contributed by atoms with Crippen LogP contribution in [0.5, 0.6) is 5.75 Å². The molecular formula is C75H103N19O16S2. The van der Waals surface area contributed by atoms with Crippen molar-refractivity contribution in [2.75, 3.05) is 52.6 Å². The Hall–Kier alpha value is -11.1. The molecule has 35 nitrogen and oxygen atoms in total. The molecule has 4 aromatic rings. The Labute approximate surface area is 656 Å². The van der Waals surface area contributed by atoms with Crippen molar-refractivity contribution in [3.63, 3.8) is 0 Å². The van der Waals surface area contributed by atoms with Gasteiger partial charge in [-0.15, -0.1) is 0 Å². The highest BCUT2D eigenvalue weighted by Crippen LogP contribution is 2.39. The van der Waals surface area contributed by atoms with E-state index in [0.717, 1.165) is 36.3 Å². The summed E-state index contributed by atoms with van der Waals surface area (Å²) in [5.41, 5.74) is 13.3. The SMILES string of the molecule is CC(=O)N[C@@H](CCCNC(=N)N)C(=O)N[C@@H](Cc1ccccc1)C(=O)N[C@@H]1C(=O)N(C)[C@@H](C)C(=O)NCC(=O)N[C@@H](Cc2c[nH]cn2)C(=O)N[C@@H](Cc2ccccc2)C(=O)N[C@H]2CCCN(CC(=O)N(C)[C@@H](CC(C)C)C(=O)N[C@@H](Cc3ccc(O)cc3)C(=O)C(=O)N3CCC[C@H]3C(=O)N[C@H](C(N)=O)CSSC1(C)C)C2=O. The number of fused-ring (bicyclic) bond motifs is 3. The number of guanidine groups is 1. The zero-order chi connectivity index (χ0) is 82.1. The lowest BCUT2D eigenvalue weighted by Gasteiger charge is -2.37. The minimum Gasteiger partial charge on any atom is -0.508 e. The fraction of sp³-hybridized carbons (Fsp3) is 0.507. The quantitative estimate of drug-likeness (QED) is 0.0153. The lowest BCUT2D eigenvalue weighted by molar-refractivity contribution is -0.150. The predicted molar refractivity (Wildman–Crippen MR) is 415 cm³/mol. The highest BCUT2D eigenvalue weighted by Gasteiger charge is 2.46. The average Bonchev–Trinajstić information content (AvgIpc) is 1.57. The Kier molecular flexibility index (Phi) is 32.9. The lowest BCUT2D eigenvalue weighted by atomic mass is 9.98. The van der Waals surface area contributed by atoms with Gasteiger partial charge in [-0.05, 0) is 100 Å². The Morgan fingerprint density at radius 1 is 0.705 bits per heavy atom. The van der Waals surface area contributed by atoms with E-state index in [4.69, 9.17) is 16.9 Å². The van der Waals surface area contributed by atoms with Gasteiger partial charge < -0.3 is 94.3 Å². The molecule has 3 saturated heterocycles. The molecule has 37 heteroatoms. The number of aromatic hydroxyl groups is 1. The van der Waals surface area contributed by atoms with Crippen molar-refractivity contribution in [2.45, 2.75) is 183 Å². The second-order valence-electron chi connectivity index (χ2n) is 28.9. The summed E-state index contributed by atoms with van der Waals surface area (Å²) in [7, 11) is 4.47. The predicted octanol–water partition coefficient (Wildman–Crippen LogP) is -1.77.